The summed E-state index contributed by atoms with van der Waals surface area (Å²) in [7, 11) is 0. The average molecular weight is 690 g/mol. The Bertz CT molecular complexity index is 2320. The molecule has 12 heteroatoms. The Kier molecular flexibility index (Phi) is 9.20. The molecule has 0 atom stereocenters. The first-order valence-corrected chi connectivity index (χ1v) is 17.6. The molecule has 8 rings (SSSR count). The molecule has 1 saturated carbocycles. The number of fused-ring (bicyclic) bond motifs is 2. The fraction of sp³-hybridized carbons (Fsp3) is 0.333. The molecule has 2 N–H and O–H groups in total. The minimum Gasteiger partial charge on any atom is -0.508 e. The van der Waals surface area contributed by atoms with Gasteiger partial charge in [-0.2, -0.15) is 0 Å². The Morgan fingerprint density at radius 3 is 2.67 bits per heavy atom. The van der Waals surface area contributed by atoms with Crippen LogP contribution >= 0.6 is 0 Å². The summed E-state index contributed by atoms with van der Waals surface area (Å²) in [4.78, 5) is 39.4. The lowest BCUT2D eigenvalue weighted by molar-refractivity contribution is 0.140. The first-order valence-electron chi connectivity index (χ1n) is 17.6. The molecular weight excluding hydrogens is 649 g/mol. The Labute approximate surface area is 293 Å². The highest BCUT2D eigenvalue weighted by Gasteiger charge is 2.27. The second-order valence-corrected chi connectivity index (χ2v) is 13.5. The summed E-state index contributed by atoms with van der Waals surface area (Å²) in [6, 6.07) is 18.0. The SMILES string of the molecule is O=c1c2cc(F)cnc2n(-c2cccc(-c3ccc(O)cc3CN3CCCOCC3)c2)c(=O)n1[C@H]1CC[C@@H](NCc2cccn3ccnc23)CC1. The van der Waals surface area contributed by atoms with Crippen LogP contribution in [0.15, 0.2) is 95.0 Å². The summed E-state index contributed by atoms with van der Waals surface area (Å²) in [5, 5.41) is 14.1. The summed E-state index contributed by atoms with van der Waals surface area (Å²) >= 11 is 0. The molecule has 2 aliphatic rings. The lowest BCUT2D eigenvalue weighted by Gasteiger charge is -2.30. The van der Waals surface area contributed by atoms with Crippen LogP contribution in [0.2, 0.25) is 0 Å². The number of nitrogens with zero attached hydrogens (tertiary/aromatic N) is 6. The number of hydrogen-bond acceptors (Lipinski definition) is 8. The third kappa shape index (κ3) is 6.69. The van der Waals surface area contributed by atoms with Gasteiger partial charge < -0.3 is 19.6 Å². The second kappa shape index (κ2) is 14.2. The first-order chi connectivity index (χ1) is 24.9. The topological polar surface area (TPSA) is 119 Å². The zero-order chi connectivity index (χ0) is 34.9. The zero-order valence-electron chi connectivity index (χ0n) is 28.2. The van der Waals surface area contributed by atoms with Gasteiger partial charge in [0.2, 0.25) is 0 Å². The number of phenolic OH excluding ortho intramolecular Hbond substituents is 1. The largest absolute Gasteiger partial charge is 0.508 e. The van der Waals surface area contributed by atoms with E-state index in [0.29, 0.717) is 38.2 Å². The molecule has 2 fully saturated rings. The van der Waals surface area contributed by atoms with Crippen LogP contribution in [0.3, 0.4) is 0 Å². The van der Waals surface area contributed by atoms with E-state index in [9.17, 15) is 19.1 Å². The van der Waals surface area contributed by atoms with Crippen molar-refractivity contribution in [2.45, 2.75) is 57.3 Å². The van der Waals surface area contributed by atoms with Gasteiger partial charge in [-0.3, -0.25) is 14.3 Å². The number of pyridine rings is 2. The maximum absolute atomic E-state index is 14.6. The van der Waals surface area contributed by atoms with Crippen molar-refractivity contribution in [3.8, 4) is 22.6 Å². The summed E-state index contributed by atoms with van der Waals surface area (Å²) in [6.07, 6.45) is 10.4. The zero-order valence-corrected chi connectivity index (χ0v) is 28.2. The quantitative estimate of drug-likeness (QED) is 0.224. The van der Waals surface area contributed by atoms with Crippen LogP contribution in [-0.2, 0) is 17.8 Å². The van der Waals surface area contributed by atoms with Crippen LogP contribution < -0.4 is 16.6 Å². The molecule has 0 radical (unpaired) electrons. The van der Waals surface area contributed by atoms with E-state index in [-0.39, 0.29) is 28.9 Å². The van der Waals surface area contributed by atoms with Gasteiger partial charge in [0.15, 0.2) is 5.65 Å². The van der Waals surface area contributed by atoms with Crippen molar-refractivity contribution in [3.05, 3.63) is 123 Å². The lowest BCUT2D eigenvalue weighted by Crippen LogP contribution is -2.44. The van der Waals surface area contributed by atoms with Crippen LogP contribution in [0.5, 0.6) is 5.75 Å². The van der Waals surface area contributed by atoms with E-state index in [1.165, 1.54) is 15.2 Å². The number of hydrogen-bond donors (Lipinski definition) is 2. The lowest BCUT2D eigenvalue weighted by atomic mass is 9.90. The van der Waals surface area contributed by atoms with E-state index in [1.54, 1.807) is 24.4 Å². The number of benzene rings is 2. The van der Waals surface area contributed by atoms with Crippen LogP contribution in [-0.4, -0.2) is 65.9 Å². The summed E-state index contributed by atoms with van der Waals surface area (Å²) in [6.45, 7) is 4.36. The number of imidazole rings is 1. The van der Waals surface area contributed by atoms with Crippen molar-refractivity contribution < 1.29 is 14.2 Å². The van der Waals surface area contributed by atoms with Gasteiger partial charge in [-0.1, -0.05) is 24.3 Å². The standard InChI is InChI=1S/C39H40FN7O4/c40-29-22-35-37(43-24-29)46(32-6-1-4-26(20-32)34-12-11-33(48)21-28(34)25-44-14-3-18-51-19-17-44)39(50)47(38(35)49)31-9-7-30(8-10-31)42-23-27-5-2-15-45-16-13-41-36(27)45/h1-2,4-6,11-13,15-16,20-22,24,30-31,42,48H,3,7-10,14,17-19,23,25H2/t30-,31+. The summed E-state index contributed by atoms with van der Waals surface area (Å²) in [5.41, 5.74) is 4.32. The maximum Gasteiger partial charge on any atom is 0.337 e. The highest BCUT2D eigenvalue weighted by atomic mass is 19.1. The highest BCUT2D eigenvalue weighted by Crippen LogP contribution is 2.31. The van der Waals surface area contributed by atoms with E-state index in [2.05, 4.69) is 26.3 Å². The molecule has 6 aromatic rings. The number of halogens is 1. The molecule has 0 unspecified atom stereocenters. The molecule has 0 bridgehead atoms. The normalized spacial score (nSPS) is 18.7. The van der Waals surface area contributed by atoms with E-state index in [0.717, 1.165) is 73.1 Å². The number of phenols is 1. The number of aromatic hydroxyl groups is 1. The third-order valence-electron chi connectivity index (χ3n) is 10.2. The molecule has 4 aromatic heterocycles. The third-order valence-corrected chi connectivity index (χ3v) is 10.2. The predicted molar refractivity (Wildman–Crippen MR) is 193 cm³/mol. The maximum atomic E-state index is 14.6. The number of aromatic nitrogens is 5. The van der Waals surface area contributed by atoms with Gasteiger partial charge in [-0.25, -0.2) is 23.7 Å². The van der Waals surface area contributed by atoms with Gasteiger partial charge in [0.1, 0.15) is 17.2 Å². The van der Waals surface area contributed by atoms with Crippen molar-refractivity contribution in [2.75, 3.05) is 26.3 Å². The average Bonchev–Trinajstić information content (AvgIpc) is 3.49. The van der Waals surface area contributed by atoms with Crippen molar-refractivity contribution in [1.82, 2.24) is 33.7 Å². The van der Waals surface area contributed by atoms with Crippen molar-refractivity contribution in [1.29, 1.82) is 0 Å². The fourth-order valence-electron chi connectivity index (χ4n) is 7.68. The fourth-order valence-corrected chi connectivity index (χ4v) is 7.68. The Hall–Kier alpha value is -5.17. The van der Waals surface area contributed by atoms with Crippen LogP contribution in [0.1, 0.15) is 49.3 Å². The van der Waals surface area contributed by atoms with E-state index in [4.69, 9.17) is 4.74 Å². The van der Waals surface area contributed by atoms with Gasteiger partial charge in [-0.15, -0.1) is 0 Å². The Morgan fingerprint density at radius 2 is 1.78 bits per heavy atom. The van der Waals surface area contributed by atoms with Crippen LogP contribution in [0, 0.1) is 5.82 Å². The molecule has 0 spiro atoms. The number of rotatable bonds is 8. The monoisotopic (exact) mass is 689 g/mol. The minimum atomic E-state index is -0.641. The van der Waals surface area contributed by atoms with Gasteiger partial charge in [-0.05, 0) is 85.2 Å². The first kappa shape index (κ1) is 33.0. The van der Waals surface area contributed by atoms with Gasteiger partial charge >= 0.3 is 5.69 Å². The van der Waals surface area contributed by atoms with Crippen LogP contribution in [0.25, 0.3) is 33.5 Å². The molecule has 0 amide bonds. The molecule has 262 valence electrons. The Balaban J connectivity index is 1.11. The molecule has 1 saturated heterocycles. The molecule has 1 aliphatic carbocycles. The predicted octanol–water partition coefficient (Wildman–Crippen LogP) is 5.20. The van der Waals surface area contributed by atoms with E-state index < -0.39 is 17.1 Å². The van der Waals surface area contributed by atoms with E-state index in [1.807, 2.05) is 47.1 Å². The minimum absolute atomic E-state index is 0.0572. The molecule has 1 aliphatic heterocycles. The number of nitrogens with one attached hydrogen (secondary N) is 1. The molecule has 51 heavy (non-hydrogen) atoms. The summed E-state index contributed by atoms with van der Waals surface area (Å²) in [5.74, 6) is -0.463. The number of ether oxygens (including phenoxy) is 1. The van der Waals surface area contributed by atoms with Crippen molar-refractivity contribution in [2.24, 2.45) is 0 Å². The Morgan fingerprint density at radius 1 is 0.902 bits per heavy atom. The molecular formula is C39H40FN7O4. The molecule has 11 nitrogen and oxygen atoms in total. The summed E-state index contributed by atoms with van der Waals surface area (Å²) < 4.78 is 25.0. The smallest absolute Gasteiger partial charge is 0.337 e. The molecule has 2 aromatic carbocycles. The van der Waals surface area contributed by atoms with Crippen LogP contribution in [0.4, 0.5) is 4.39 Å². The highest BCUT2D eigenvalue weighted by molar-refractivity contribution is 5.77. The van der Waals surface area contributed by atoms with E-state index >= 15 is 0 Å². The van der Waals surface area contributed by atoms with Gasteiger partial charge in [0.25, 0.3) is 5.56 Å². The van der Waals surface area contributed by atoms with Crippen molar-refractivity contribution >= 4 is 16.7 Å². The van der Waals surface area contributed by atoms with Gasteiger partial charge in [0, 0.05) is 69.0 Å². The molecule has 5 heterocycles. The van der Waals surface area contributed by atoms with Crippen molar-refractivity contribution in [3.63, 3.8) is 0 Å². The van der Waals surface area contributed by atoms with Gasteiger partial charge in [0.05, 0.1) is 23.9 Å². The second-order valence-electron chi connectivity index (χ2n) is 13.5.